The molecule has 0 aliphatic heterocycles. The van der Waals surface area contributed by atoms with Gasteiger partial charge in [0.2, 0.25) is 15.9 Å². The minimum Gasteiger partial charge on any atom is -0.323 e. The summed E-state index contributed by atoms with van der Waals surface area (Å²) in [6, 6.07) is 16.2. The molecule has 0 saturated heterocycles. The van der Waals surface area contributed by atoms with Gasteiger partial charge in [0.25, 0.3) is 0 Å². The van der Waals surface area contributed by atoms with Crippen LogP contribution in [0.4, 0.5) is 11.4 Å². The van der Waals surface area contributed by atoms with E-state index in [1.807, 2.05) is 12.1 Å². The Morgan fingerprint density at radius 3 is 2.28 bits per heavy atom. The maximum Gasteiger partial charge on any atom is 0.245 e. The van der Waals surface area contributed by atoms with Gasteiger partial charge < -0.3 is 5.32 Å². The van der Waals surface area contributed by atoms with Crippen molar-refractivity contribution in [1.29, 1.82) is 10.5 Å². The van der Waals surface area contributed by atoms with Crippen LogP contribution in [0.3, 0.4) is 0 Å². The first-order chi connectivity index (χ1) is 11.8. The van der Waals surface area contributed by atoms with E-state index in [2.05, 4.69) is 5.32 Å². The highest BCUT2D eigenvalue weighted by molar-refractivity contribution is 7.92. The normalized spacial score (nSPS) is 10.4. The van der Waals surface area contributed by atoms with Gasteiger partial charge in [0, 0.05) is 0 Å². The van der Waals surface area contributed by atoms with Crippen LogP contribution >= 0.6 is 0 Å². The second-order valence-electron chi connectivity index (χ2n) is 5.13. The van der Waals surface area contributed by atoms with Crippen LogP contribution in [-0.2, 0) is 14.8 Å². The van der Waals surface area contributed by atoms with Crippen LogP contribution in [0.1, 0.15) is 11.1 Å². The zero-order valence-corrected chi connectivity index (χ0v) is 14.1. The van der Waals surface area contributed by atoms with Crippen LogP contribution in [-0.4, -0.2) is 27.1 Å². The molecule has 0 aromatic heterocycles. The number of nitriles is 2. The summed E-state index contributed by atoms with van der Waals surface area (Å²) < 4.78 is 25.0. The molecule has 2 rings (SSSR count). The SMILES string of the molecule is CS(=O)(=O)N(CC(=O)Nc1ccccc1C#N)c1ccc(C#N)cc1. The minimum absolute atomic E-state index is 0.269. The lowest BCUT2D eigenvalue weighted by Gasteiger charge is -2.22. The fourth-order valence-electron chi connectivity index (χ4n) is 2.11. The Morgan fingerprint density at radius 1 is 1.08 bits per heavy atom. The van der Waals surface area contributed by atoms with E-state index in [4.69, 9.17) is 10.5 Å². The first kappa shape index (κ1) is 18.0. The van der Waals surface area contributed by atoms with Gasteiger partial charge in [0.1, 0.15) is 12.6 Å². The molecule has 0 saturated carbocycles. The quantitative estimate of drug-likeness (QED) is 0.880. The predicted octanol–water partition coefficient (Wildman–Crippen LogP) is 1.83. The summed E-state index contributed by atoms with van der Waals surface area (Å²) in [4.78, 5) is 12.3. The number of hydrogen-bond acceptors (Lipinski definition) is 5. The first-order valence-corrected chi connectivity index (χ1v) is 8.97. The van der Waals surface area contributed by atoms with Crippen LogP contribution in [0.15, 0.2) is 48.5 Å². The van der Waals surface area contributed by atoms with Crippen molar-refractivity contribution in [2.75, 3.05) is 22.4 Å². The summed E-state index contributed by atoms with van der Waals surface area (Å²) in [6.07, 6.45) is 0.988. The summed E-state index contributed by atoms with van der Waals surface area (Å²) in [5.74, 6) is -0.586. The third-order valence-corrected chi connectivity index (χ3v) is 4.43. The summed E-state index contributed by atoms with van der Waals surface area (Å²) in [5.41, 5.74) is 1.23. The lowest BCUT2D eigenvalue weighted by Crippen LogP contribution is -2.37. The van der Waals surface area contributed by atoms with Gasteiger partial charge in [-0.15, -0.1) is 0 Å². The van der Waals surface area contributed by atoms with Crippen molar-refractivity contribution in [3.63, 3.8) is 0 Å². The van der Waals surface area contributed by atoms with E-state index in [1.54, 1.807) is 24.3 Å². The van der Waals surface area contributed by atoms with Crippen molar-refractivity contribution in [3.8, 4) is 12.1 Å². The third kappa shape index (κ3) is 4.56. The molecule has 7 nitrogen and oxygen atoms in total. The van der Waals surface area contributed by atoms with E-state index in [0.717, 1.165) is 10.6 Å². The summed E-state index contributed by atoms with van der Waals surface area (Å²) in [5, 5.41) is 20.4. The van der Waals surface area contributed by atoms with Gasteiger partial charge in [0.15, 0.2) is 0 Å². The molecule has 0 atom stereocenters. The molecule has 0 heterocycles. The number of anilines is 2. The average molecular weight is 354 g/mol. The molecule has 2 aromatic carbocycles. The molecule has 0 radical (unpaired) electrons. The van der Waals surface area contributed by atoms with Crippen molar-refractivity contribution in [2.24, 2.45) is 0 Å². The van der Waals surface area contributed by atoms with Gasteiger partial charge in [-0.05, 0) is 36.4 Å². The number of hydrogen-bond donors (Lipinski definition) is 1. The molecule has 2 aromatic rings. The van der Waals surface area contributed by atoms with Crippen LogP contribution in [0, 0.1) is 22.7 Å². The smallest absolute Gasteiger partial charge is 0.245 e. The Labute approximate surface area is 145 Å². The molecule has 126 valence electrons. The molecule has 0 aliphatic carbocycles. The van der Waals surface area contributed by atoms with E-state index in [9.17, 15) is 13.2 Å². The second kappa shape index (κ2) is 7.47. The first-order valence-electron chi connectivity index (χ1n) is 7.12. The maximum atomic E-state index is 12.3. The van der Waals surface area contributed by atoms with Crippen molar-refractivity contribution in [3.05, 3.63) is 59.7 Å². The molecule has 0 bridgehead atoms. The molecule has 0 spiro atoms. The van der Waals surface area contributed by atoms with Gasteiger partial charge in [-0.2, -0.15) is 10.5 Å². The molecule has 1 amide bonds. The van der Waals surface area contributed by atoms with Crippen molar-refractivity contribution in [1.82, 2.24) is 0 Å². The summed E-state index contributed by atoms with van der Waals surface area (Å²) in [7, 11) is -3.72. The number of amides is 1. The van der Waals surface area contributed by atoms with Crippen LogP contribution in [0.2, 0.25) is 0 Å². The van der Waals surface area contributed by atoms with E-state index < -0.39 is 22.5 Å². The highest BCUT2D eigenvalue weighted by Gasteiger charge is 2.21. The molecule has 0 fully saturated rings. The molecule has 0 unspecified atom stereocenters. The van der Waals surface area contributed by atoms with Gasteiger partial charge in [-0.1, -0.05) is 12.1 Å². The van der Waals surface area contributed by atoms with Crippen molar-refractivity contribution in [2.45, 2.75) is 0 Å². The predicted molar refractivity (Wildman–Crippen MR) is 93.1 cm³/mol. The van der Waals surface area contributed by atoms with Gasteiger partial charge in [0.05, 0.1) is 34.8 Å². The number of benzene rings is 2. The average Bonchev–Trinajstić information content (AvgIpc) is 2.59. The number of sulfonamides is 1. The monoisotopic (exact) mass is 354 g/mol. The largest absolute Gasteiger partial charge is 0.323 e. The lowest BCUT2D eigenvalue weighted by atomic mass is 10.2. The number of nitrogens with one attached hydrogen (secondary N) is 1. The van der Waals surface area contributed by atoms with E-state index in [0.29, 0.717) is 11.3 Å². The van der Waals surface area contributed by atoms with Gasteiger partial charge in [-0.3, -0.25) is 9.10 Å². The molecular formula is C17H14N4O3S. The molecular weight excluding hydrogens is 340 g/mol. The van der Waals surface area contributed by atoms with Crippen molar-refractivity contribution >= 4 is 27.3 Å². The molecule has 25 heavy (non-hydrogen) atoms. The molecule has 1 N–H and O–H groups in total. The maximum absolute atomic E-state index is 12.3. The van der Waals surface area contributed by atoms with Crippen LogP contribution in [0.5, 0.6) is 0 Å². The zero-order valence-electron chi connectivity index (χ0n) is 13.3. The van der Waals surface area contributed by atoms with E-state index in [-0.39, 0.29) is 11.3 Å². The summed E-state index contributed by atoms with van der Waals surface area (Å²) >= 11 is 0. The number of carbonyl (C=O) groups excluding carboxylic acids is 1. The minimum atomic E-state index is -3.72. The fraction of sp³-hybridized carbons (Fsp3) is 0.118. The van der Waals surface area contributed by atoms with Crippen molar-refractivity contribution < 1.29 is 13.2 Å². The summed E-state index contributed by atoms with van der Waals surface area (Å²) in [6.45, 7) is -0.454. The number of carbonyl (C=O) groups is 1. The molecule has 0 aliphatic rings. The van der Waals surface area contributed by atoms with E-state index in [1.165, 1.54) is 24.3 Å². The highest BCUT2D eigenvalue weighted by Crippen LogP contribution is 2.19. The molecule has 8 heteroatoms. The standard InChI is InChI=1S/C17H14N4O3S/c1-25(23,24)21(15-8-6-13(10-18)7-9-15)12-17(22)20-16-5-3-2-4-14(16)11-19/h2-9H,12H2,1H3,(H,20,22). The Morgan fingerprint density at radius 2 is 1.72 bits per heavy atom. The van der Waals surface area contributed by atoms with E-state index >= 15 is 0 Å². The Kier molecular flexibility index (Phi) is 5.38. The Hall–Kier alpha value is -3.36. The zero-order chi connectivity index (χ0) is 18.4. The third-order valence-electron chi connectivity index (χ3n) is 3.29. The Bertz CT molecular complexity index is 970. The highest BCUT2D eigenvalue weighted by atomic mass is 32.2. The van der Waals surface area contributed by atoms with Crippen LogP contribution < -0.4 is 9.62 Å². The topological polar surface area (TPSA) is 114 Å². The Balaban J connectivity index is 2.24. The lowest BCUT2D eigenvalue weighted by molar-refractivity contribution is -0.114. The van der Waals surface area contributed by atoms with Gasteiger partial charge >= 0.3 is 0 Å². The second-order valence-corrected chi connectivity index (χ2v) is 7.04. The van der Waals surface area contributed by atoms with Crippen LogP contribution in [0.25, 0.3) is 0 Å². The van der Waals surface area contributed by atoms with Gasteiger partial charge in [-0.25, -0.2) is 8.42 Å². The number of nitrogens with zero attached hydrogens (tertiary/aromatic N) is 3. The number of para-hydroxylation sites is 1. The number of rotatable bonds is 5. The fourth-order valence-corrected chi connectivity index (χ4v) is 2.97.